The molecule has 0 saturated heterocycles. The quantitative estimate of drug-likeness (QED) is 0.887. The molecular formula is C19H22N2O3. The zero-order valence-corrected chi connectivity index (χ0v) is 14.2. The number of likely N-dealkylation sites (N-methyl/N-ethyl adjacent to an activating group) is 1. The number of benzene rings is 2. The van der Waals surface area contributed by atoms with E-state index in [4.69, 9.17) is 4.74 Å². The Labute approximate surface area is 142 Å². The molecule has 126 valence electrons. The molecule has 2 rings (SSSR count). The average molecular weight is 326 g/mol. The third-order valence-corrected chi connectivity index (χ3v) is 3.45. The van der Waals surface area contributed by atoms with E-state index in [0.717, 1.165) is 5.56 Å². The Bertz CT molecular complexity index is 701. The minimum atomic E-state index is -0.619. The topological polar surface area (TPSA) is 58.6 Å². The Balaban J connectivity index is 1.97. The molecule has 2 amide bonds. The van der Waals surface area contributed by atoms with E-state index in [1.54, 1.807) is 43.1 Å². The Morgan fingerprint density at radius 3 is 2.50 bits per heavy atom. The monoisotopic (exact) mass is 326 g/mol. The molecule has 0 spiro atoms. The molecule has 2 aromatic rings. The normalized spacial score (nSPS) is 11.5. The minimum Gasteiger partial charge on any atom is -0.481 e. The smallest absolute Gasteiger partial charge is 0.263 e. The first-order valence-electron chi connectivity index (χ1n) is 7.79. The molecule has 5 heteroatoms. The van der Waals surface area contributed by atoms with Gasteiger partial charge in [-0.1, -0.05) is 36.4 Å². The Hall–Kier alpha value is -2.82. The van der Waals surface area contributed by atoms with Crippen molar-refractivity contribution in [2.75, 3.05) is 12.4 Å². The highest BCUT2D eigenvalue weighted by atomic mass is 16.5. The van der Waals surface area contributed by atoms with E-state index in [9.17, 15) is 9.59 Å². The van der Waals surface area contributed by atoms with E-state index in [1.165, 1.54) is 6.92 Å². The van der Waals surface area contributed by atoms with Crippen LogP contribution in [0.1, 0.15) is 19.4 Å². The maximum absolute atomic E-state index is 12.4. The molecule has 24 heavy (non-hydrogen) atoms. The second-order valence-electron chi connectivity index (χ2n) is 5.65. The van der Waals surface area contributed by atoms with Crippen LogP contribution in [0, 0.1) is 0 Å². The largest absolute Gasteiger partial charge is 0.481 e. The number of ether oxygens (including phenoxy) is 1. The number of amides is 2. The van der Waals surface area contributed by atoms with Gasteiger partial charge in [0.1, 0.15) is 5.75 Å². The van der Waals surface area contributed by atoms with Crippen molar-refractivity contribution in [2.45, 2.75) is 26.5 Å². The van der Waals surface area contributed by atoms with E-state index in [1.807, 2.05) is 30.3 Å². The predicted octanol–water partition coefficient (Wildman–Crippen LogP) is 3.07. The minimum absolute atomic E-state index is 0.108. The van der Waals surface area contributed by atoms with Crippen molar-refractivity contribution in [1.82, 2.24) is 4.90 Å². The summed E-state index contributed by atoms with van der Waals surface area (Å²) in [6.07, 6.45) is -0.619. The molecule has 0 aliphatic carbocycles. The Kier molecular flexibility index (Phi) is 5.95. The Morgan fingerprint density at radius 1 is 1.12 bits per heavy atom. The van der Waals surface area contributed by atoms with E-state index in [0.29, 0.717) is 18.0 Å². The number of nitrogens with zero attached hydrogens (tertiary/aromatic N) is 1. The third-order valence-electron chi connectivity index (χ3n) is 3.45. The van der Waals surface area contributed by atoms with Crippen LogP contribution in [-0.2, 0) is 16.1 Å². The van der Waals surface area contributed by atoms with Gasteiger partial charge in [0.15, 0.2) is 6.10 Å². The van der Waals surface area contributed by atoms with E-state index in [2.05, 4.69) is 5.32 Å². The maximum Gasteiger partial charge on any atom is 0.263 e. The molecule has 0 bridgehead atoms. The summed E-state index contributed by atoms with van der Waals surface area (Å²) in [6, 6.07) is 16.8. The summed E-state index contributed by atoms with van der Waals surface area (Å²) in [5.74, 6) is 0.276. The molecule has 1 N–H and O–H groups in total. The predicted molar refractivity (Wildman–Crippen MR) is 93.8 cm³/mol. The van der Waals surface area contributed by atoms with E-state index in [-0.39, 0.29) is 11.8 Å². The molecule has 1 atom stereocenters. The van der Waals surface area contributed by atoms with Crippen molar-refractivity contribution in [3.05, 3.63) is 60.2 Å². The maximum atomic E-state index is 12.4. The van der Waals surface area contributed by atoms with Gasteiger partial charge in [-0.3, -0.25) is 9.59 Å². The molecule has 0 aromatic heterocycles. The first-order chi connectivity index (χ1) is 11.5. The van der Waals surface area contributed by atoms with Crippen LogP contribution in [0.15, 0.2) is 54.6 Å². The summed E-state index contributed by atoms with van der Waals surface area (Å²) in [4.78, 5) is 25.2. The fourth-order valence-corrected chi connectivity index (χ4v) is 2.35. The van der Waals surface area contributed by atoms with Crippen LogP contribution < -0.4 is 10.1 Å². The molecule has 0 fully saturated rings. The fourth-order valence-electron chi connectivity index (χ4n) is 2.35. The van der Waals surface area contributed by atoms with Gasteiger partial charge in [0.25, 0.3) is 5.91 Å². The summed E-state index contributed by atoms with van der Waals surface area (Å²) in [7, 11) is 1.75. The van der Waals surface area contributed by atoms with Gasteiger partial charge in [-0.05, 0) is 24.6 Å². The van der Waals surface area contributed by atoms with Crippen molar-refractivity contribution in [2.24, 2.45) is 0 Å². The van der Waals surface area contributed by atoms with Gasteiger partial charge < -0.3 is 15.0 Å². The molecular weight excluding hydrogens is 304 g/mol. The molecule has 0 aliphatic rings. The lowest BCUT2D eigenvalue weighted by Gasteiger charge is -2.22. The number of anilines is 1. The van der Waals surface area contributed by atoms with Crippen molar-refractivity contribution in [3.63, 3.8) is 0 Å². The number of nitrogens with one attached hydrogen (secondary N) is 1. The summed E-state index contributed by atoms with van der Waals surface area (Å²) in [6.45, 7) is 3.69. The van der Waals surface area contributed by atoms with Crippen LogP contribution >= 0.6 is 0 Å². The van der Waals surface area contributed by atoms with Crippen molar-refractivity contribution < 1.29 is 14.3 Å². The van der Waals surface area contributed by atoms with Crippen LogP contribution in [0.3, 0.4) is 0 Å². The molecule has 0 radical (unpaired) electrons. The highest BCUT2D eigenvalue weighted by Crippen LogP contribution is 2.19. The molecule has 0 unspecified atom stereocenters. The first kappa shape index (κ1) is 17.5. The molecule has 0 aliphatic heterocycles. The van der Waals surface area contributed by atoms with Gasteiger partial charge >= 0.3 is 0 Å². The fraction of sp³-hybridized carbons (Fsp3) is 0.263. The molecule has 5 nitrogen and oxygen atoms in total. The Morgan fingerprint density at radius 2 is 1.83 bits per heavy atom. The number of hydrogen-bond donors (Lipinski definition) is 1. The zero-order chi connectivity index (χ0) is 17.5. The lowest BCUT2D eigenvalue weighted by Crippen LogP contribution is -2.37. The van der Waals surface area contributed by atoms with Crippen LogP contribution in [0.25, 0.3) is 0 Å². The summed E-state index contributed by atoms with van der Waals surface area (Å²) < 4.78 is 5.71. The lowest BCUT2D eigenvalue weighted by atomic mass is 10.2. The van der Waals surface area contributed by atoms with Crippen molar-refractivity contribution in [3.8, 4) is 5.75 Å². The van der Waals surface area contributed by atoms with Gasteiger partial charge in [0, 0.05) is 32.3 Å². The lowest BCUT2D eigenvalue weighted by molar-refractivity contribution is -0.137. The van der Waals surface area contributed by atoms with Gasteiger partial charge in [-0.15, -0.1) is 0 Å². The standard InChI is InChI=1S/C19H22N2O3/c1-14(19(23)21(3)13-16-8-5-4-6-9-16)24-18-11-7-10-17(12-18)20-15(2)22/h4-12,14H,13H2,1-3H3,(H,20,22)/t14-/m0/s1. The van der Waals surface area contributed by atoms with Crippen LogP contribution in [0.5, 0.6) is 5.75 Å². The van der Waals surface area contributed by atoms with E-state index < -0.39 is 6.10 Å². The van der Waals surface area contributed by atoms with Crippen molar-refractivity contribution >= 4 is 17.5 Å². The second-order valence-corrected chi connectivity index (χ2v) is 5.65. The highest BCUT2D eigenvalue weighted by Gasteiger charge is 2.19. The third kappa shape index (κ3) is 5.12. The van der Waals surface area contributed by atoms with Crippen LogP contribution in [-0.4, -0.2) is 29.9 Å². The average Bonchev–Trinajstić information content (AvgIpc) is 2.54. The van der Waals surface area contributed by atoms with Gasteiger partial charge in [0.05, 0.1) is 0 Å². The summed E-state index contributed by atoms with van der Waals surface area (Å²) in [5.41, 5.74) is 1.70. The van der Waals surface area contributed by atoms with E-state index >= 15 is 0 Å². The number of carbonyl (C=O) groups excluding carboxylic acids is 2. The second kappa shape index (κ2) is 8.15. The highest BCUT2D eigenvalue weighted by molar-refractivity contribution is 5.88. The van der Waals surface area contributed by atoms with Crippen LogP contribution in [0.2, 0.25) is 0 Å². The number of carbonyl (C=O) groups is 2. The molecule has 2 aromatic carbocycles. The molecule has 0 heterocycles. The van der Waals surface area contributed by atoms with Gasteiger partial charge in [0.2, 0.25) is 5.91 Å². The van der Waals surface area contributed by atoms with Crippen molar-refractivity contribution in [1.29, 1.82) is 0 Å². The summed E-state index contributed by atoms with van der Waals surface area (Å²) in [5, 5.41) is 2.69. The van der Waals surface area contributed by atoms with Gasteiger partial charge in [-0.25, -0.2) is 0 Å². The van der Waals surface area contributed by atoms with Crippen LogP contribution in [0.4, 0.5) is 5.69 Å². The number of hydrogen-bond acceptors (Lipinski definition) is 3. The SMILES string of the molecule is CC(=O)Nc1cccc(O[C@@H](C)C(=O)N(C)Cc2ccccc2)c1. The first-order valence-corrected chi connectivity index (χ1v) is 7.79. The molecule has 0 saturated carbocycles. The van der Waals surface area contributed by atoms with Gasteiger partial charge in [-0.2, -0.15) is 0 Å². The zero-order valence-electron chi connectivity index (χ0n) is 14.2. The summed E-state index contributed by atoms with van der Waals surface area (Å²) >= 11 is 0. The number of rotatable bonds is 6.